The minimum Gasteiger partial charge on any atom is -0.466 e. The van der Waals surface area contributed by atoms with Crippen LogP contribution in [0.15, 0.2) is 24.3 Å². The van der Waals surface area contributed by atoms with Crippen molar-refractivity contribution < 1.29 is 49.3 Å². The minimum atomic E-state index is -1.57. The molecule has 1 fully saturated rings. The second-order valence-electron chi connectivity index (χ2n) is 31.0. The van der Waals surface area contributed by atoms with Gasteiger partial charge in [-0.1, -0.05) is 417 Å². The number of carbonyl (C=O) groups excluding carboxylic acids is 2. The van der Waals surface area contributed by atoms with Gasteiger partial charge >= 0.3 is 5.97 Å². The number of hydrogen-bond acceptors (Lipinski definition) is 10. The van der Waals surface area contributed by atoms with Crippen LogP contribution in [0.5, 0.6) is 0 Å². The number of carbonyl (C=O) groups is 2. The molecule has 1 heterocycles. The normalized spacial score (nSPS) is 17.2. The molecule has 0 aromatic carbocycles. The lowest BCUT2D eigenvalue weighted by atomic mass is 9.99. The van der Waals surface area contributed by atoms with Gasteiger partial charge in [-0.2, -0.15) is 0 Å². The fraction of sp³-hybridized carbons (Fsp3) is 0.932. The molecule has 0 spiro atoms. The molecule has 1 amide bonds. The lowest BCUT2D eigenvalue weighted by molar-refractivity contribution is -0.302. The van der Waals surface area contributed by atoms with E-state index in [0.717, 1.165) is 51.4 Å². The molecule has 586 valence electrons. The molecule has 7 atom stereocenters. The highest BCUT2D eigenvalue weighted by atomic mass is 16.7. The van der Waals surface area contributed by atoms with Crippen LogP contribution in [0.25, 0.3) is 0 Å². The van der Waals surface area contributed by atoms with Gasteiger partial charge in [-0.3, -0.25) is 9.59 Å². The van der Waals surface area contributed by atoms with Gasteiger partial charge in [0.05, 0.1) is 32.0 Å². The highest BCUT2D eigenvalue weighted by Crippen LogP contribution is 2.24. The highest BCUT2D eigenvalue weighted by molar-refractivity contribution is 5.76. The van der Waals surface area contributed by atoms with Crippen molar-refractivity contribution in [2.24, 2.45) is 0 Å². The molecule has 7 unspecified atom stereocenters. The van der Waals surface area contributed by atoms with Gasteiger partial charge in [-0.25, -0.2) is 0 Å². The first-order valence-corrected chi connectivity index (χ1v) is 44.1. The van der Waals surface area contributed by atoms with Gasteiger partial charge in [0.15, 0.2) is 6.29 Å². The van der Waals surface area contributed by atoms with E-state index in [1.165, 1.54) is 385 Å². The summed E-state index contributed by atoms with van der Waals surface area (Å²) in [5, 5.41) is 54.6. The number of nitrogens with one attached hydrogen (secondary N) is 1. The summed E-state index contributed by atoms with van der Waals surface area (Å²) in [6.45, 7) is 4.41. The van der Waals surface area contributed by atoms with Gasteiger partial charge in [-0.15, -0.1) is 0 Å². The van der Waals surface area contributed by atoms with E-state index < -0.39 is 49.5 Å². The third kappa shape index (κ3) is 65.4. The molecule has 1 aliphatic heterocycles. The molecular formula is C88H169NO10. The van der Waals surface area contributed by atoms with Crippen LogP contribution in [0, 0.1) is 0 Å². The maximum Gasteiger partial charge on any atom is 0.305 e. The average molecular weight is 1400 g/mol. The SMILES string of the molecule is CCCCCCCC/C=C\CCCCCCCCCCCC(=O)OCCCCCCCCCCCCCCCCCCCCCCCCCCCCCCCCCCCCCCCCCC(=O)NC(COC1OC(CO)C(O)C(O)C1O)C(O)/C=C/CCCCCCCCCCCCC. The molecule has 11 heteroatoms. The second-order valence-corrected chi connectivity index (χ2v) is 31.0. The van der Waals surface area contributed by atoms with Crippen molar-refractivity contribution in [1.82, 2.24) is 5.32 Å². The molecule has 0 bridgehead atoms. The van der Waals surface area contributed by atoms with Crippen molar-refractivity contribution in [2.75, 3.05) is 19.8 Å². The third-order valence-corrected chi connectivity index (χ3v) is 21.3. The van der Waals surface area contributed by atoms with Crippen LogP contribution in [0.3, 0.4) is 0 Å². The van der Waals surface area contributed by atoms with Crippen LogP contribution in [0.4, 0.5) is 0 Å². The van der Waals surface area contributed by atoms with Crippen LogP contribution in [0.2, 0.25) is 0 Å². The number of esters is 1. The van der Waals surface area contributed by atoms with E-state index in [0.29, 0.717) is 19.4 Å². The summed E-state index contributed by atoms with van der Waals surface area (Å²) in [5.41, 5.74) is 0. The molecule has 6 N–H and O–H groups in total. The van der Waals surface area contributed by atoms with Crippen LogP contribution < -0.4 is 5.32 Å². The van der Waals surface area contributed by atoms with Gasteiger partial charge in [0, 0.05) is 12.8 Å². The quantitative estimate of drug-likeness (QED) is 0.0195. The van der Waals surface area contributed by atoms with E-state index in [4.69, 9.17) is 14.2 Å². The third-order valence-electron chi connectivity index (χ3n) is 21.3. The molecule has 1 saturated heterocycles. The van der Waals surface area contributed by atoms with E-state index in [9.17, 15) is 35.1 Å². The number of ether oxygens (including phenoxy) is 3. The molecule has 0 saturated carbocycles. The summed E-state index contributed by atoms with van der Waals surface area (Å²) >= 11 is 0. The summed E-state index contributed by atoms with van der Waals surface area (Å²) in [6, 6.07) is -0.805. The molecule has 0 radical (unpaired) electrons. The highest BCUT2D eigenvalue weighted by Gasteiger charge is 2.44. The van der Waals surface area contributed by atoms with E-state index in [1.54, 1.807) is 6.08 Å². The molecule has 0 aromatic rings. The zero-order valence-electron chi connectivity index (χ0n) is 65.7. The lowest BCUT2D eigenvalue weighted by Crippen LogP contribution is -2.60. The van der Waals surface area contributed by atoms with Crippen LogP contribution in [-0.2, 0) is 23.8 Å². The Hall–Kier alpha value is -1.86. The second kappa shape index (κ2) is 77.2. The predicted molar refractivity (Wildman–Crippen MR) is 421 cm³/mol. The molecule has 1 aliphatic rings. The van der Waals surface area contributed by atoms with Crippen molar-refractivity contribution >= 4 is 11.9 Å². The van der Waals surface area contributed by atoms with Crippen molar-refractivity contribution in [3.63, 3.8) is 0 Å². The van der Waals surface area contributed by atoms with Crippen LogP contribution in [0.1, 0.15) is 463 Å². The molecule has 99 heavy (non-hydrogen) atoms. The number of allylic oxidation sites excluding steroid dienone is 3. The maximum atomic E-state index is 13.1. The Labute approximate surface area is 613 Å². The summed E-state index contributed by atoms with van der Waals surface area (Å²) < 4.78 is 16.8. The standard InChI is InChI=1S/C88H169NO10/c1-3-5-7-9-11-13-15-17-18-19-41-45-48-52-56-60-64-68-72-76-84(93)97-77-73-69-65-61-57-53-49-46-43-40-38-36-34-32-30-28-26-24-22-20-21-23-25-27-29-31-33-35-37-39-42-44-47-51-55-59-63-67-71-75-83(92)89-80(79-98-88-87(96)86(95)85(94)82(78-90)99-88)81(91)74-70-66-62-58-54-50-16-14-12-10-8-6-4-2/h17-18,70,74,80-82,85-88,90-91,94-96H,3-16,19-69,71-73,75-79H2,1-2H3,(H,89,92)/b18-17-,74-70+. The molecule has 11 nitrogen and oxygen atoms in total. The molecule has 0 aliphatic carbocycles. The zero-order valence-corrected chi connectivity index (χ0v) is 65.7. The van der Waals surface area contributed by atoms with Crippen molar-refractivity contribution in [2.45, 2.75) is 506 Å². The minimum absolute atomic E-state index is 0.0191. The van der Waals surface area contributed by atoms with E-state index >= 15 is 0 Å². The largest absolute Gasteiger partial charge is 0.466 e. The summed E-state index contributed by atoms with van der Waals surface area (Å²) in [5.74, 6) is -0.153. The number of amides is 1. The smallest absolute Gasteiger partial charge is 0.305 e. The topological polar surface area (TPSA) is 175 Å². The summed E-state index contributed by atoms with van der Waals surface area (Å²) in [4.78, 5) is 25.2. The van der Waals surface area contributed by atoms with E-state index in [2.05, 4.69) is 31.3 Å². The van der Waals surface area contributed by atoms with Crippen molar-refractivity contribution in [3.05, 3.63) is 24.3 Å². The molecule has 0 aromatic heterocycles. The van der Waals surface area contributed by atoms with Crippen LogP contribution in [-0.4, -0.2) is 100 Å². The Balaban J connectivity index is 1.84. The fourth-order valence-corrected chi connectivity index (χ4v) is 14.4. The van der Waals surface area contributed by atoms with E-state index in [-0.39, 0.29) is 18.5 Å². The van der Waals surface area contributed by atoms with Gasteiger partial charge in [0.1, 0.15) is 24.4 Å². The first-order chi connectivity index (χ1) is 48.7. The Morgan fingerprint density at radius 2 is 0.646 bits per heavy atom. The lowest BCUT2D eigenvalue weighted by Gasteiger charge is -2.40. The summed E-state index contributed by atoms with van der Waals surface area (Å²) in [6.07, 6.45) is 91.0. The Bertz CT molecular complexity index is 1690. The monoisotopic (exact) mass is 1400 g/mol. The average Bonchev–Trinajstić information content (AvgIpc) is 0.866. The first kappa shape index (κ1) is 95.2. The van der Waals surface area contributed by atoms with Crippen molar-refractivity contribution in [1.29, 1.82) is 0 Å². The number of unbranched alkanes of at least 4 members (excludes halogenated alkanes) is 64. The predicted octanol–water partition coefficient (Wildman–Crippen LogP) is 24.7. The molecule has 1 rings (SSSR count). The number of hydrogen-bond donors (Lipinski definition) is 6. The van der Waals surface area contributed by atoms with Gasteiger partial charge < -0.3 is 45.1 Å². The number of aliphatic hydroxyl groups is 5. The van der Waals surface area contributed by atoms with Gasteiger partial charge in [-0.05, 0) is 57.8 Å². The van der Waals surface area contributed by atoms with Gasteiger partial charge in [0.2, 0.25) is 5.91 Å². The summed E-state index contributed by atoms with van der Waals surface area (Å²) in [7, 11) is 0. The fourth-order valence-electron chi connectivity index (χ4n) is 14.4. The molecular weight excluding hydrogens is 1230 g/mol. The Kier molecular flexibility index (Phi) is 74.2. The number of rotatable bonds is 80. The van der Waals surface area contributed by atoms with Crippen LogP contribution >= 0.6 is 0 Å². The first-order valence-electron chi connectivity index (χ1n) is 44.1. The maximum absolute atomic E-state index is 13.1. The van der Waals surface area contributed by atoms with Crippen molar-refractivity contribution in [3.8, 4) is 0 Å². The Morgan fingerprint density at radius 3 is 0.970 bits per heavy atom. The van der Waals surface area contributed by atoms with Gasteiger partial charge in [0.25, 0.3) is 0 Å². The Morgan fingerprint density at radius 1 is 0.364 bits per heavy atom. The zero-order chi connectivity index (χ0) is 71.5. The number of aliphatic hydroxyl groups excluding tert-OH is 5. The van der Waals surface area contributed by atoms with E-state index in [1.807, 2.05) is 6.08 Å².